The minimum atomic E-state index is 0.216. The van der Waals surface area contributed by atoms with Gasteiger partial charge in [0.2, 0.25) is 0 Å². The minimum absolute atomic E-state index is 0.216. The summed E-state index contributed by atoms with van der Waals surface area (Å²) in [5, 5.41) is 0. The molecule has 1 saturated heterocycles. The molecule has 1 spiro atoms. The van der Waals surface area contributed by atoms with Crippen molar-refractivity contribution in [2.45, 2.75) is 43.3 Å². The summed E-state index contributed by atoms with van der Waals surface area (Å²) in [4.78, 5) is 0. The molecule has 0 amide bonds. The Morgan fingerprint density at radius 1 is 1.00 bits per heavy atom. The van der Waals surface area contributed by atoms with Crippen molar-refractivity contribution in [1.82, 2.24) is 10.9 Å². The summed E-state index contributed by atoms with van der Waals surface area (Å²) in [6.45, 7) is 0. The summed E-state index contributed by atoms with van der Waals surface area (Å²) in [6.07, 6.45) is 6.63. The van der Waals surface area contributed by atoms with E-state index in [2.05, 4.69) is 10.9 Å². The molecule has 5 aliphatic rings. The van der Waals surface area contributed by atoms with E-state index in [4.69, 9.17) is 5.73 Å². The van der Waals surface area contributed by atoms with E-state index >= 15 is 0 Å². The Morgan fingerprint density at radius 2 is 1.62 bits per heavy atom. The van der Waals surface area contributed by atoms with Gasteiger partial charge in [0, 0.05) is 5.54 Å². The SMILES string of the molecule is NC12CC3C[C@H](C1)C1(NN1)[C@@H](C3)C2. The quantitative estimate of drug-likeness (QED) is 0.469. The van der Waals surface area contributed by atoms with Crippen LogP contribution in [0.4, 0.5) is 0 Å². The molecule has 4 aliphatic carbocycles. The van der Waals surface area contributed by atoms with Crippen molar-refractivity contribution in [3.63, 3.8) is 0 Å². The number of hydrazine groups is 1. The topological polar surface area (TPSA) is 69.9 Å². The molecule has 3 heteroatoms. The Labute approximate surface area is 78.4 Å². The highest BCUT2D eigenvalue weighted by Crippen LogP contribution is 2.60. The zero-order chi connectivity index (χ0) is 8.68. The normalized spacial score (nSPS) is 60.2. The third-order valence-electron chi connectivity index (χ3n) is 4.94. The zero-order valence-corrected chi connectivity index (χ0v) is 7.84. The lowest BCUT2D eigenvalue weighted by Crippen LogP contribution is -2.63. The molecule has 0 aromatic carbocycles. The van der Waals surface area contributed by atoms with Gasteiger partial charge < -0.3 is 5.73 Å². The Balaban J connectivity index is 1.79. The molecule has 72 valence electrons. The van der Waals surface area contributed by atoms with Crippen molar-refractivity contribution in [3.8, 4) is 0 Å². The molecule has 0 radical (unpaired) electrons. The van der Waals surface area contributed by atoms with Gasteiger partial charge in [-0.1, -0.05) is 0 Å². The van der Waals surface area contributed by atoms with Crippen molar-refractivity contribution in [2.75, 3.05) is 0 Å². The number of nitrogens with two attached hydrogens (primary N) is 1. The highest BCUT2D eigenvalue weighted by Gasteiger charge is 2.66. The highest BCUT2D eigenvalue weighted by atomic mass is 15.7. The largest absolute Gasteiger partial charge is 0.325 e. The molecule has 0 aromatic heterocycles. The molecule has 13 heavy (non-hydrogen) atoms. The van der Waals surface area contributed by atoms with E-state index in [1.165, 1.54) is 32.1 Å². The van der Waals surface area contributed by atoms with Gasteiger partial charge in [0.25, 0.3) is 0 Å². The highest BCUT2D eigenvalue weighted by molar-refractivity contribution is 5.19. The van der Waals surface area contributed by atoms with Crippen LogP contribution in [0.2, 0.25) is 0 Å². The Morgan fingerprint density at radius 3 is 2.08 bits per heavy atom. The first-order valence-corrected chi connectivity index (χ1v) is 5.53. The molecule has 5 rings (SSSR count). The maximum absolute atomic E-state index is 6.41. The molecule has 4 bridgehead atoms. The molecular formula is C10H17N3. The second kappa shape index (κ2) is 1.81. The monoisotopic (exact) mass is 179 g/mol. The summed E-state index contributed by atoms with van der Waals surface area (Å²) < 4.78 is 0. The smallest absolute Gasteiger partial charge is 0.100 e. The van der Waals surface area contributed by atoms with Gasteiger partial charge in [-0.3, -0.25) is 0 Å². The van der Waals surface area contributed by atoms with Gasteiger partial charge in [0.15, 0.2) is 0 Å². The van der Waals surface area contributed by atoms with Crippen molar-refractivity contribution >= 4 is 0 Å². The molecular weight excluding hydrogens is 162 g/mol. The average Bonchev–Trinajstić information content (AvgIpc) is 2.77. The van der Waals surface area contributed by atoms with E-state index in [1.54, 1.807) is 0 Å². The number of hydrogen-bond acceptors (Lipinski definition) is 3. The van der Waals surface area contributed by atoms with Gasteiger partial charge in [-0.2, -0.15) is 0 Å². The fourth-order valence-corrected chi connectivity index (χ4v) is 4.55. The van der Waals surface area contributed by atoms with Crippen LogP contribution in [-0.2, 0) is 0 Å². The first-order chi connectivity index (χ1) is 6.20. The van der Waals surface area contributed by atoms with Gasteiger partial charge in [-0.05, 0) is 49.9 Å². The molecule has 0 aromatic rings. The molecule has 4 atom stereocenters. The lowest BCUT2D eigenvalue weighted by molar-refractivity contribution is -0.0360. The molecule has 1 aliphatic heterocycles. The Bertz CT molecular complexity index is 253. The average molecular weight is 179 g/mol. The van der Waals surface area contributed by atoms with E-state index in [9.17, 15) is 0 Å². The van der Waals surface area contributed by atoms with Gasteiger partial charge in [0.05, 0.1) is 0 Å². The van der Waals surface area contributed by atoms with Crippen LogP contribution in [0.15, 0.2) is 0 Å². The second-order valence-electron chi connectivity index (χ2n) is 5.83. The third kappa shape index (κ3) is 0.729. The van der Waals surface area contributed by atoms with Crippen LogP contribution in [0.1, 0.15) is 32.1 Å². The molecule has 3 nitrogen and oxygen atoms in total. The first-order valence-electron chi connectivity index (χ1n) is 5.53. The predicted octanol–water partition coefficient (Wildman–Crippen LogP) is 0.328. The van der Waals surface area contributed by atoms with Gasteiger partial charge in [0.1, 0.15) is 5.66 Å². The Kier molecular flexibility index (Phi) is 1.00. The molecule has 1 heterocycles. The first kappa shape index (κ1) is 7.21. The van der Waals surface area contributed by atoms with Crippen LogP contribution in [0.3, 0.4) is 0 Å². The van der Waals surface area contributed by atoms with Crippen LogP contribution in [-0.4, -0.2) is 11.2 Å². The van der Waals surface area contributed by atoms with E-state index in [-0.39, 0.29) is 5.54 Å². The zero-order valence-electron chi connectivity index (χ0n) is 7.84. The van der Waals surface area contributed by atoms with Crippen molar-refractivity contribution < 1.29 is 0 Å². The van der Waals surface area contributed by atoms with Crippen molar-refractivity contribution in [3.05, 3.63) is 0 Å². The standard InChI is InChI=1S/C10H17N3/c11-9-3-6-1-7(4-9)10(12-13-10)8(2-6)5-9/h6-8,12-13H,1-5,11H2/t6?,7-,8+,9?. The van der Waals surface area contributed by atoms with E-state index < -0.39 is 0 Å². The minimum Gasteiger partial charge on any atom is -0.325 e. The fraction of sp³-hybridized carbons (Fsp3) is 1.00. The summed E-state index contributed by atoms with van der Waals surface area (Å²) in [6, 6.07) is 0. The predicted molar refractivity (Wildman–Crippen MR) is 49.5 cm³/mol. The second-order valence-corrected chi connectivity index (χ2v) is 5.83. The van der Waals surface area contributed by atoms with E-state index in [1.807, 2.05) is 0 Å². The molecule has 5 fully saturated rings. The summed E-state index contributed by atoms with van der Waals surface area (Å²) in [7, 11) is 0. The Hall–Kier alpha value is -0.120. The van der Waals surface area contributed by atoms with E-state index in [0.717, 1.165) is 17.8 Å². The summed E-state index contributed by atoms with van der Waals surface area (Å²) in [5.74, 6) is 2.59. The molecule has 4 N–H and O–H groups in total. The number of rotatable bonds is 0. The van der Waals surface area contributed by atoms with E-state index in [0.29, 0.717) is 5.66 Å². The van der Waals surface area contributed by atoms with Crippen molar-refractivity contribution in [2.24, 2.45) is 23.5 Å². The van der Waals surface area contributed by atoms with Gasteiger partial charge in [-0.25, -0.2) is 10.9 Å². The maximum atomic E-state index is 6.41. The maximum Gasteiger partial charge on any atom is 0.100 e. The van der Waals surface area contributed by atoms with Crippen molar-refractivity contribution in [1.29, 1.82) is 0 Å². The third-order valence-corrected chi connectivity index (χ3v) is 4.94. The molecule has 2 unspecified atom stereocenters. The fourth-order valence-electron chi connectivity index (χ4n) is 4.55. The lowest BCUT2D eigenvalue weighted by Gasteiger charge is -2.58. The van der Waals surface area contributed by atoms with Crippen LogP contribution < -0.4 is 16.6 Å². The summed E-state index contributed by atoms with van der Waals surface area (Å²) in [5.41, 5.74) is 13.8. The number of hydrogen-bond donors (Lipinski definition) is 3. The van der Waals surface area contributed by atoms with Gasteiger partial charge in [-0.15, -0.1) is 0 Å². The number of nitrogens with one attached hydrogen (secondary N) is 2. The van der Waals surface area contributed by atoms with Crippen LogP contribution in [0, 0.1) is 17.8 Å². The van der Waals surface area contributed by atoms with Crippen LogP contribution >= 0.6 is 0 Å². The summed E-state index contributed by atoms with van der Waals surface area (Å²) >= 11 is 0. The molecule has 4 saturated carbocycles. The van der Waals surface area contributed by atoms with Crippen LogP contribution in [0.25, 0.3) is 0 Å². The lowest BCUT2D eigenvalue weighted by atomic mass is 9.50. The van der Waals surface area contributed by atoms with Crippen LogP contribution in [0.5, 0.6) is 0 Å². The van der Waals surface area contributed by atoms with Gasteiger partial charge >= 0.3 is 0 Å².